The van der Waals surface area contributed by atoms with Crippen LogP contribution in [0, 0.1) is 6.92 Å². The van der Waals surface area contributed by atoms with E-state index in [0.29, 0.717) is 18.1 Å². The minimum absolute atomic E-state index is 0.0341. The highest BCUT2D eigenvalue weighted by Crippen LogP contribution is 2.38. The summed E-state index contributed by atoms with van der Waals surface area (Å²) in [5.41, 5.74) is 2.38. The zero-order valence-electron chi connectivity index (χ0n) is 12.5. The highest BCUT2D eigenvalue weighted by atomic mass is 16.5. The van der Waals surface area contributed by atoms with Crippen LogP contribution in [0.3, 0.4) is 0 Å². The van der Waals surface area contributed by atoms with E-state index in [4.69, 9.17) is 4.74 Å². The van der Waals surface area contributed by atoms with Crippen LogP contribution >= 0.6 is 0 Å². The number of hydrogen-bond donors (Lipinski definition) is 1. The molecule has 110 valence electrons. The standard InChI is InChI=1S/C17H20N2O2/c1-3-10-21-14-8-6-12(7-9-14)15-11(2)17(20)19-16(18-15)13-4-5-13/h6-9,13H,3-5,10H2,1-2H3,(H,18,19,20). The van der Waals surface area contributed by atoms with Crippen molar-refractivity contribution in [3.05, 3.63) is 46.0 Å². The number of H-pyrrole nitrogens is 1. The van der Waals surface area contributed by atoms with Crippen LogP contribution in [0.25, 0.3) is 11.3 Å². The van der Waals surface area contributed by atoms with Crippen molar-refractivity contribution in [2.45, 2.75) is 39.0 Å². The van der Waals surface area contributed by atoms with Gasteiger partial charge in [-0.1, -0.05) is 6.92 Å². The number of ether oxygens (including phenoxy) is 1. The van der Waals surface area contributed by atoms with E-state index < -0.39 is 0 Å². The quantitative estimate of drug-likeness (QED) is 0.915. The van der Waals surface area contributed by atoms with Gasteiger partial charge < -0.3 is 9.72 Å². The van der Waals surface area contributed by atoms with Crippen molar-refractivity contribution in [2.75, 3.05) is 6.61 Å². The third-order valence-electron chi connectivity index (χ3n) is 3.73. The number of aromatic nitrogens is 2. The van der Waals surface area contributed by atoms with Crippen LogP contribution in [0.15, 0.2) is 29.1 Å². The maximum absolute atomic E-state index is 12.1. The van der Waals surface area contributed by atoms with E-state index in [1.807, 2.05) is 31.2 Å². The molecule has 1 aromatic heterocycles. The van der Waals surface area contributed by atoms with Gasteiger partial charge in [-0.25, -0.2) is 4.98 Å². The minimum Gasteiger partial charge on any atom is -0.494 e. The Kier molecular flexibility index (Phi) is 3.78. The van der Waals surface area contributed by atoms with Gasteiger partial charge in [0.15, 0.2) is 0 Å². The Morgan fingerprint density at radius 1 is 1.29 bits per heavy atom. The summed E-state index contributed by atoms with van der Waals surface area (Å²) < 4.78 is 5.58. The summed E-state index contributed by atoms with van der Waals surface area (Å²) in [6, 6.07) is 7.81. The molecule has 1 fully saturated rings. The van der Waals surface area contributed by atoms with Crippen LogP contribution in [0.5, 0.6) is 5.75 Å². The molecule has 3 rings (SSSR count). The van der Waals surface area contributed by atoms with E-state index >= 15 is 0 Å². The topological polar surface area (TPSA) is 55.0 Å². The number of nitrogens with one attached hydrogen (secondary N) is 1. The van der Waals surface area contributed by atoms with Gasteiger partial charge in [-0.05, 0) is 50.5 Å². The summed E-state index contributed by atoms with van der Waals surface area (Å²) in [4.78, 5) is 19.6. The fourth-order valence-electron chi connectivity index (χ4n) is 2.31. The van der Waals surface area contributed by atoms with Gasteiger partial charge in [0.2, 0.25) is 0 Å². The van der Waals surface area contributed by atoms with Gasteiger partial charge in [0.1, 0.15) is 11.6 Å². The first kappa shape index (κ1) is 13.9. The summed E-state index contributed by atoms with van der Waals surface area (Å²) in [6.07, 6.45) is 3.23. The second-order valence-electron chi connectivity index (χ2n) is 5.57. The largest absolute Gasteiger partial charge is 0.494 e. The average molecular weight is 284 g/mol. The van der Waals surface area contributed by atoms with Crippen molar-refractivity contribution >= 4 is 0 Å². The number of nitrogens with zero attached hydrogens (tertiary/aromatic N) is 1. The molecule has 0 bridgehead atoms. The molecule has 1 N–H and O–H groups in total. The van der Waals surface area contributed by atoms with Gasteiger partial charge in [-0.15, -0.1) is 0 Å². The van der Waals surface area contributed by atoms with E-state index in [9.17, 15) is 4.79 Å². The maximum Gasteiger partial charge on any atom is 0.254 e. The van der Waals surface area contributed by atoms with Crippen LogP contribution in [-0.2, 0) is 0 Å². The summed E-state index contributed by atoms with van der Waals surface area (Å²) in [5.74, 6) is 2.11. The molecule has 0 amide bonds. The minimum atomic E-state index is -0.0341. The molecular weight excluding hydrogens is 264 g/mol. The van der Waals surface area contributed by atoms with E-state index in [0.717, 1.165) is 42.1 Å². The number of rotatable bonds is 5. The first-order valence-electron chi connectivity index (χ1n) is 7.53. The molecule has 0 saturated heterocycles. The molecule has 1 saturated carbocycles. The molecule has 0 atom stereocenters. The molecule has 21 heavy (non-hydrogen) atoms. The zero-order valence-corrected chi connectivity index (χ0v) is 12.5. The van der Waals surface area contributed by atoms with Gasteiger partial charge in [0.05, 0.1) is 12.3 Å². The lowest BCUT2D eigenvalue weighted by Crippen LogP contribution is -2.15. The summed E-state index contributed by atoms with van der Waals surface area (Å²) in [5, 5.41) is 0. The van der Waals surface area contributed by atoms with Crippen molar-refractivity contribution in [1.82, 2.24) is 9.97 Å². The Labute approximate surface area is 124 Å². The fraction of sp³-hybridized carbons (Fsp3) is 0.412. The van der Waals surface area contributed by atoms with E-state index in [1.165, 1.54) is 0 Å². The normalized spacial score (nSPS) is 14.2. The van der Waals surface area contributed by atoms with E-state index in [-0.39, 0.29) is 5.56 Å². The lowest BCUT2D eigenvalue weighted by Gasteiger charge is -2.09. The molecule has 1 aliphatic carbocycles. The predicted molar refractivity (Wildman–Crippen MR) is 82.8 cm³/mol. The van der Waals surface area contributed by atoms with Crippen molar-refractivity contribution in [1.29, 1.82) is 0 Å². The number of aromatic amines is 1. The van der Waals surface area contributed by atoms with Crippen molar-refractivity contribution < 1.29 is 4.74 Å². The van der Waals surface area contributed by atoms with E-state index in [1.54, 1.807) is 0 Å². The lowest BCUT2D eigenvalue weighted by atomic mass is 10.1. The molecular formula is C17H20N2O2. The second-order valence-corrected chi connectivity index (χ2v) is 5.57. The molecule has 1 heterocycles. The molecule has 0 spiro atoms. The van der Waals surface area contributed by atoms with Gasteiger partial charge in [-0.2, -0.15) is 0 Å². The number of hydrogen-bond acceptors (Lipinski definition) is 3. The van der Waals surface area contributed by atoms with Crippen LogP contribution < -0.4 is 10.3 Å². The van der Waals surface area contributed by atoms with Gasteiger partial charge in [-0.3, -0.25) is 4.79 Å². The summed E-state index contributed by atoms with van der Waals surface area (Å²) >= 11 is 0. The van der Waals surface area contributed by atoms with Crippen molar-refractivity contribution in [3.63, 3.8) is 0 Å². The predicted octanol–water partition coefficient (Wildman–Crippen LogP) is 3.41. The third kappa shape index (κ3) is 2.99. The van der Waals surface area contributed by atoms with Crippen molar-refractivity contribution in [2.24, 2.45) is 0 Å². The molecule has 1 aromatic carbocycles. The maximum atomic E-state index is 12.1. The van der Waals surface area contributed by atoms with Crippen molar-refractivity contribution in [3.8, 4) is 17.0 Å². The summed E-state index contributed by atoms with van der Waals surface area (Å²) in [7, 11) is 0. The Balaban J connectivity index is 1.93. The average Bonchev–Trinajstić information content (AvgIpc) is 3.33. The Hall–Kier alpha value is -2.10. The van der Waals surface area contributed by atoms with Gasteiger partial charge >= 0.3 is 0 Å². The highest BCUT2D eigenvalue weighted by molar-refractivity contribution is 5.63. The van der Waals surface area contributed by atoms with Gasteiger partial charge in [0.25, 0.3) is 5.56 Å². The molecule has 1 aliphatic rings. The number of benzene rings is 1. The molecule has 0 radical (unpaired) electrons. The molecule has 0 aliphatic heterocycles. The molecule has 4 nitrogen and oxygen atoms in total. The van der Waals surface area contributed by atoms with Crippen LogP contribution in [-0.4, -0.2) is 16.6 Å². The van der Waals surface area contributed by atoms with Crippen LogP contribution in [0.4, 0.5) is 0 Å². The Morgan fingerprint density at radius 3 is 2.62 bits per heavy atom. The first-order chi connectivity index (χ1) is 10.2. The Bertz CT molecular complexity index is 685. The molecule has 0 unspecified atom stereocenters. The van der Waals surface area contributed by atoms with Crippen LogP contribution in [0.2, 0.25) is 0 Å². The lowest BCUT2D eigenvalue weighted by molar-refractivity contribution is 0.317. The smallest absolute Gasteiger partial charge is 0.254 e. The second kappa shape index (κ2) is 5.72. The van der Waals surface area contributed by atoms with Crippen LogP contribution in [0.1, 0.15) is 43.5 Å². The summed E-state index contributed by atoms with van der Waals surface area (Å²) in [6.45, 7) is 4.62. The SMILES string of the molecule is CCCOc1ccc(-c2nc(C3CC3)[nH]c(=O)c2C)cc1. The van der Waals surface area contributed by atoms with Gasteiger partial charge in [0, 0.05) is 17.0 Å². The Morgan fingerprint density at radius 2 is 2.00 bits per heavy atom. The monoisotopic (exact) mass is 284 g/mol. The molecule has 4 heteroatoms. The third-order valence-corrected chi connectivity index (χ3v) is 3.73. The zero-order chi connectivity index (χ0) is 14.8. The fourth-order valence-corrected chi connectivity index (χ4v) is 2.31. The highest BCUT2D eigenvalue weighted by Gasteiger charge is 2.27. The molecule has 2 aromatic rings. The van der Waals surface area contributed by atoms with E-state index in [2.05, 4.69) is 16.9 Å². The first-order valence-corrected chi connectivity index (χ1v) is 7.53.